The Hall–Kier alpha value is -1.84. The molecule has 0 unspecified atom stereocenters. The summed E-state index contributed by atoms with van der Waals surface area (Å²) >= 11 is 0. The lowest BCUT2D eigenvalue weighted by Gasteiger charge is -2.34. The van der Waals surface area contributed by atoms with Crippen molar-refractivity contribution in [3.8, 4) is 0 Å². The smallest absolute Gasteiger partial charge is 0.229 e. The molecule has 0 bridgehead atoms. The van der Waals surface area contributed by atoms with E-state index >= 15 is 0 Å². The fraction of sp³-hybridized carbons (Fsp3) is 0.579. The highest BCUT2D eigenvalue weighted by Gasteiger charge is 2.31. The number of nitrogens with zero attached hydrogens (tertiary/aromatic N) is 2. The maximum atomic E-state index is 12.6. The maximum absolute atomic E-state index is 12.6. The minimum atomic E-state index is 0.0194. The standard InChI is InChI=1S/C19H28N2O2/c1-4-15(5-2)19(23)21-13-11-16(12-14-21)18(22)20(3)17-9-7-6-8-10-17/h6-10,15-16H,4-5,11-14H2,1-3H3. The van der Waals surface area contributed by atoms with E-state index in [1.165, 1.54) is 0 Å². The Morgan fingerprint density at radius 2 is 1.70 bits per heavy atom. The van der Waals surface area contributed by atoms with Crippen molar-refractivity contribution in [2.24, 2.45) is 11.8 Å². The van der Waals surface area contributed by atoms with Gasteiger partial charge in [-0.25, -0.2) is 0 Å². The average Bonchev–Trinajstić information content (AvgIpc) is 2.62. The molecule has 1 aliphatic rings. The van der Waals surface area contributed by atoms with Crippen molar-refractivity contribution in [3.63, 3.8) is 0 Å². The number of hydrogen-bond acceptors (Lipinski definition) is 2. The molecule has 1 saturated heterocycles. The van der Waals surface area contributed by atoms with E-state index in [-0.39, 0.29) is 23.7 Å². The predicted octanol–water partition coefficient (Wildman–Crippen LogP) is 3.32. The fourth-order valence-electron chi connectivity index (χ4n) is 3.30. The molecule has 126 valence electrons. The minimum absolute atomic E-state index is 0.0194. The molecule has 1 heterocycles. The zero-order valence-electron chi connectivity index (χ0n) is 14.5. The zero-order valence-corrected chi connectivity index (χ0v) is 14.5. The van der Waals surface area contributed by atoms with Gasteiger partial charge in [-0.1, -0.05) is 32.0 Å². The van der Waals surface area contributed by atoms with Crippen LogP contribution in [-0.4, -0.2) is 36.9 Å². The highest BCUT2D eigenvalue weighted by atomic mass is 16.2. The monoisotopic (exact) mass is 316 g/mol. The summed E-state index contributed by atoms with van der Waals surface area (Å²) in [5.41, 5.74) is 0.924. The average molecular weight is 316 g/mol. The van der Waals surface area contributed by atoms with Crippen LogP contribution in [0.5, 0.6) is 0 Å². The summed E-state index contributed by atoms with van der Waals surface area (Å²) < 4.78 is 0. The highest BCUT2D eigenvalue weighted by molar-refractivity contribution is 5.94. The van der Waals surface area contributed by atoms with Gasteiger partial charge >= 0.3 is 0 Å². The first kappa shape index (κ1) is 17.5. The van der Waals surface area contributed by atoms with Gasteiger partial charge in [0.15, 0.2) is 0 Å². The molecule has 1 aromatic rings. The molecule has 0 radical (unpaired) electrons. The third kappa shape index (κ3) is 4.12. The Labute approximate surface area is 139 Å². The molecule has 0 aliphatic carbocycles. The molecule has 0 aromatic heterocycles. The van der Waals surface area contributed by atoms with Gasteiger partial charge in [-0.15, -0.1) is 0 Å². The molecular weight excluding hydrogens is 288 g/mol. The van der Waals surface area contributed by atoms with Crippen LogP contribution in [0.3, 0.4) is 0 Å². The van der Waals surface area contributed by atoms with Gasteiger partial charge in [0.05, 0.1) is 0 Å². The lowest BCUT2D eigenvalue weighted by Crippen LogP contribution is -2.45. The first-order valence-electron chi connectivity index (χ1n) is 8.69. The van der Waals surface area contributed by atoms with E-state index in [4.69, 9.17) is 0 Å². The molecule has 4 nitrogen and oxygen atoms in total. The van der Waals surface area contributed by atoms with E-state index in [9.17, 15) is 9.59 Å². The third-order valence-corrected chi connectivity index (χ3v) is 4.96. The Morgan fingerprint density at radius 3 is 2.22 bits per heavy atom. The second-order valence-corrected chi connectivity index (χ2v) is 6.35. The number of anilines is 1. The highest BCUT2D eigenvalue weighted by Crippen LogP contribution is 2.24. The second kappa shape index (κ2) is 8.14. The Bertz CT molecular complexity index is 517. The molecular formula is C19H28N2O2. The van der Waals surface area contributed by atoms with E-state index in [0.29, 0.717) is 13.1 Å². The van der Waals surface area contributed by atoms with Gasteiger partial charge in [0.2, 0.25) is 11.8 Å². The number of para-hydroxylation sites is 1. The van der Waals surface area contributed by atoms with Gasteiger partial charge in [0.1, 0.15) is 0 Å². The molecule has 0 atom stereocenters. The van der Waals surface area contributed by atoms with Crippen LogP contribution < -0.4 is 4.90 Å². The van der Waals surface area contributed by atoms with Gasteiger partial charge in [-0.05, 0) is 37.8 Å². The minimum Gasteiger partial charge on any atom is -0.342 e. The molecule has 0 saturated carbocycles. The summed E-state index contributed by atoms with van der Waals surface area (Å²) in [7, 11) is 1.83. The van der Waals surface area contributed by atoms with Gasteiger partial charge < -0.3 is 9.80 Å². The quantitative estimate of drug-likeness (QED) is 0.836. The van der Waals surface area contributed by atoms with Gasteiger partial charge in [0, 0.05) is 37.7 Å². The lowest BCUT2D eigenvalue weighted by molar-refractivity contribution is -0.138. The molecule has 4 heteroatoms. The van der Waals surface area contributed by atoms with Crippen LogP contribution in [0.2, 0.25) is 0 Å². The summed E-state index contributed by atoms with van der Waals surface area (Å²) in [6.07, 6.45) is 3.32. The Kier molecular flexibility index (Phi) is 6.20. The number of carbonyl (C=O) groups is 2. The number of carbonyl (C=O) groups excluding carboxylic acids is 2. The maximum Gasteiger partial charge on any atom is 0.229 e. The molecule has 0 N–H and O–H groups in total. The third-order valence-electron chi connectivity index (χ3n) is 4.96. The number of benzene rings is 1. The van der Waals surface area contributed by atoms with Crippen LogP contribution in [-0.2, 0) is 9.59 Å². The molecule has 1 aliphatic heterocycles. The molecule has 1 aromatic carbocycles. The van der Waals surface area contributed by atoms with E-state index in [2.05, 4.69) is 13.8 Å². The molecule has 0 spiro atoms. The van der Waals surface area contributed by atoms with Crippen LogP contribution in [0.15, 0.2) is 30.3 Å². The normalized spacial score (nSPS) is 15.7. The number of amides is 2. The van der Waals surface area contributed by atoms with Gasteiger partial charge in [-0.2, -0.15) is 0 Å². The van der Waals surface area contributed by atoms with Crippen molar-refractivity contribution in [2.45, 2.75) is 39.5 Å². The van der Waals surface area contributed by atoms with Crippen molar-refractivity contribution < 1.29 is 9.59 Å². The van der Waals surface area contributed by atoms with Gasteiger partial charge in [0.25, 0.3) is 0 Å². The molecule has 2 rings (SSSR count). The van der Waals surface area contributed by atoms with Crippen molar-refractivity contribution in [1.29, 1.82) is 0 Å². The number of hydrogen-bond donors (Lipinski definition) is 0. The van der Waals surface area contributed by atoms with Crippen LogP contribution >= 0.6 is 0 Å². The Morgan fingerprint density at radius 1 is 1.13 bits per heavy atom. The number of rotatable bonds is 5. The van der Waals surface area contributed by atoms with Crippen molar-refractivity contribution in [2.75, 3.05) is 25.0 Å². The van der Waals surface area contributed by atoms with E-state index < -0.39 is 0 Å². The van der Waals surface area contributed by atoms with Crippen molar-refractivity contribution >= 4 is 17.5 Å². The van der Waals surface area contributed by atoms with Gasteiger partial charge in [-0.3, -0.25) is 9.59 Å². The topological polar surface area (TPSA) is 40.6 Å². The summed E-state index contributed by atoms with van der Waals surface area (Å²) in [5, 5.41) is 0. The van der Waals surface area contributed by atoms with Crippen LogP contribution in [0.4, 0.5) is 5.69 Å². The van der Waals surface area contributed by atoms with E-state index in [1.54, 1.807) is 4.90 Å². The predicted molar refractivity (Wildman–Crippen MR) is 93.2 cm³/mol. The summed E-state index contributed by atoms with van der Waals surface area (Å²) in [6, 6.07) is 9.73. The van der Waals surface area contributed by atoms with E-state index in [0.717, 1.165) is 31.4 Å². The van der Waals surface area contributed by atoms with Crippen molar-refractivity contribution in [3.05, 3.63) is 30.3 Å². The molecule has 23 heavy (non-hydrogen) atoms. The van der Waals surface area contributed by atoms with E-state index in [1.807, 2.05) is 42.3 Å². The summed E-state index contributed by atoms with van der Waals surface area (Å²) in [6.45, 7) is 5.54. The zero-order chi connectivity index (χ0) is 16.8. The Balaban J connectivity index is 1.91. The second-order valence-electron chi connectivity index (χ2n) is 6.35. The lowest BCUT2D eigenvalue weighted by atomic mass is 9.93. The molecule has 2 amide bonds. The number of piperidine rings is 1. The fourth-order valence-corrected chi connectivity index (χ4v) is 3.30. The SMILES string of the molecule is CCC(CC)C(=O)N1CCC(C(=O)N(C)c2ccccc2)CC1. The van der Waals surface area contributed by atoms with Crippen LogP contribution in [0.25, 0.3) is 0 Å². The summed E-state index contributed by atoms with van der Waals surface area (Å²) in [4.78, 5) is 28.8. The molecule has 1 fully saturated rings. The first-order valence-corrected chi connectivity index (χ1v) is 8.69. The summed E-state index contributed by atoms with van der Waals surface area (Å²) in [5.74, 6) is 0.573. The number of likely N-dealkylation sites (tertiary alicyclic amines) is 1. The van der Waals surface area contributed by atoms with Crippen LogP contribution in [0.1, 0.15) is 39.5 Å². The van der Waals surface area contributed by atoms with Crippen molar-refractivity contribution in [1.82, 2.24) is 4.90 Å². The van der Waals surface area contributed by atoms with Crippen LogP contribution in [0, 0.1) is 11.8 Å². The first-order chi connectivity index (χ1) is 11.1. The largest absolute Gasteiger partial charge is 0.342 e.